The van der Waals surface area contributed by atoms with Crippen molar-refractivity contribution < 1.29 is 14.3 Å². The standard InChI is InChI=1S/C17H17FN4O3/c1-20-4-6-21(7-5-20)15-9-14-11(8-13(15)18)16(23)12(17(24)25)10-22(14)3-2-19/h8-10H,3-7H2,1H3,(H,24,25). The zero-order chi connectivity index (χ0) is 18.1. The van der Waals surface area contributed by atoms with Gasteiger partial charge in [0.2, 0.25) is 5.43 Å². The minimum Gasteiger partial charge on any atom is -0.477 e. The Hall–Kier alpha value is -2.92. The van der Waals surface area contributed by atoms with Gasteiger partial charge in [-0.15, -0.1) is 0 Å². The molecule has 0 spiro atoms. The Bertz CT molecular complexity index is 940. The second-order valence-corrected chi connectivity index (χ2v) is 6.07. The normalized spacial score (nSPS) is 15.3. The van der Waals surface area contributed by atoms with Crippen LogP contribution in [0.25, 0.3) is 10.9 Å². The fraction of sp³-hybridized carbons (Fsp3) is 0.353. The van der Waals surface area contributed by atoms with Crippen LogP contribution >= 0.6 is 0 Å². The Balaban J connectivity index is 2.20. The van der Waals surface area contributed by atoms with Crippen molar-refractivity contribution in [2.24, 2.45) is 0 Å². The molecule has 1 aliphatic heterocycles. The van der Waals surface area contributed by atoms with E-state index in [0.717, 1.165) is 25.4 Å². The molecule has 0 saturated carbocycles. The predicted octanol–water partition coefficient (Wildman–Crippen LogP) is 1.11. The first kappa shape index (κ1) is 16.9. The Labute approximate surface area is 143 Å². The minimum absolute atomic E-state index is 0.0365. The van der Waals surface area contributed by atoms with Gasteiger partial charge in [-0.05, 0) is 19.2 Å². The predicted molar refractivity (Wildman–Crippen MR) is 90.4 cm³/mol. The molecule has 2 heterocycles. The third-order valence-corrected chi connectivity index (χ3v) is 4.46. The van der Waals surface area contributed by atoms with Crippen molar-refractivity contribution in [1.82, 2.24) is 9.47 Å². The maximum atomic E-state index is 14.6. The number of likely N-dealkylation sites (N-methyl/N-ethyl adjacent to an activating group) is 1. The number of anilines is 1. The van der Waals surface area contributed by atoms with Gasteiger partial charge in [-0.2, -0.15) is 5.26 Å². The molecular formula is C17H17FN4O3. The van der Waals surface area contributed by atoms with Crippen LogP contribution in [0.5, 0.6) is 0 Å². The first-order valence-electron chi connectivity index (χ1n) is 7.83. The van der Waals surface area contributed by atoms with Gasteiger partial charge in [-0.1, -0.05) is 0 Å². The number of benzene rings is 1. The number of nitriles is 1. The van der Waals surface area contributed by atoms with Crippen molar-refractivity contribution >= 4 is 22.6 Å². The molecule has 1 aromatic carbocycles. The second-order valence-electron chi connectivity index (χ2n) is 6.07. The van der Waals surface area contributed by atoms with Gasteiger partial charge in [-0.25, -0.2) is 9.18 Å². The Kier molecular flexibility index (Phi) is 4.42. The summed E-state index contributed by atoms with van der Waals surface area (Å²) in [6.07, 6.45) is 1.14. The average Bonchev–Trinajstić information content (AvgIpc) is 2.58. The molecular weight excluding hydrogens is 327 g/mol. The highest BCUT2D eigenvalue weighted by Crippen LogP contribution is 2.26. The van der Waals surface area contributed by atoms with E-state index in [9.17, 15) is 14.0 Å². The highest BCUT2D eigenvalue weighted by molar-refractivity contribution is 5.93. The van der Waals surface area contributed by atoms with E-state index in [0.29, 0.717) is 24.3 Å². The molecule has 0 unspecified atom stereocenters. The summed E-state index contributed by atoms with van der Waals surface area (Å²) < 4.78 is 16.0. The van der Waals surface area contributed by atoms with E-state index >= 15 is 0 Å². The number of fused-ring (bicyclic) bond motifs is 1. The number of pyridine rings is 1. The summed E-state index contributed by atoms with van der Waals surface area (Å²) in [6.45, 7) is 2.75. The van der Waals surface area contributed by atoms with Crippen molar-refractivity contribution in [2.45, 2.75) is 6.54 Å². The van der Waals surface area contributed by atoms with Gasteiger partial charge in [0.25, 0.3) is 0 Å². The molecule has 0 amide bonds. The summed E-state index contributed by atoms with van der Waals surface area (Å²) in [5.41, 5.74) is -0.517. The maximum absolute atomic E-state index is 14.6. The molecule has 25 heavy (non-hydrogen) atoms. The van der Waals surface area contributed by atoms with Crippen LogP contribution in [0.2, 0.25) is 0 Å². The van der Waals surface area contributed by atoms with Crippen molar-refractivity contribution in [2.75, 3.05) is 38.1 Å². The molecule has 1 fully saturated rings. The number of rotatable bonds is 3. The number of carboxylic acid groups (broad SMARTS) is 1. The zero-order valence-corrected chi connectivity index (χ0v) is 13.7. The van der Waals surface area contributed by atoms with Crippen LogP contribution in [0.15, 0.2) is 23.1 Å². The van der Waals surface area contributed by atoms with Gasteiger partial charge < -0.3 is 19.5 Å². The smallest absolute Gasteiger partial charge is 0.341 e. The fourth-order valence-corrected chi connectivity index (χ4v) is 3.05. The van der Waals surface area contributed by atoms with Crippen LogP contribution in [0.4, 0.5) is 10.1 Å². The number of piperazine rings is 1. The highest BCUT2D eigenvalue weighted by Gasteiger charge is 2.21. The van der Waals surface area contributed by atoms with Crippen LogP contribution in [0, 0.1) is 17.1 Å². The zero-order valence-electron chi connectivity index (χ0n) is 13.7. The first-order valence-corrected chi connectivity index (χ1v) is 7.83. The SMILES string of the molecule is CN1CCN(c2cc3c(cc2F)c(=O)c(C(=O)O)cn3CC#N)CC1. The Morgan fingerprint density at radius 2 is 2.00 bits per heavy atom. The molecule has 1 saturated heterocycles. The van der Waals surface area contributed by atoms with Crippen molar-refractivity contribution in [3.05, 3.63) is 39.9 Å². The molecule has 0 aliphatic carbocycles. The topological polar surface area (TPSA) is 89.6 Å². The van der Waals surface area contributed by atoms with Crippen LogP contribution in [0.1, 0.15) is 10.4 Å². The lowest BCUT2D eigenvalue weighted by Crippen LogP contribution is -2.44. The Morgan fingerprint density at radius 1 is 1.32 bits per heavy atom. The molecule has 0 atom stereocenters. The van der Waals surface area contributed by atoms with Gasteiger partial charge in [-0.3, -0.25) is 4.79 Å². The molecule has 8 heteroatoms. The molecule has 1 aliphatic rings. The number of carbonyl (C=O) groups is 1. The van der Waals surface area contributed by atoms with E-state index in [1.54, 1.807) is 0 Å². The monoisotopic (exact) mass is 344 g/mol. The molecule has 2 aromatic rings. The van der Waals surface area contributed by atoms with E-state index in [1.807, 2.05) is 18.0 Å². The summed E-state index contributed by atoms with van der Waals surface area (Å²) >= 11 is 0. The number of hydrogen-bond acceptors (Lipinski definition) is 5. The summed E-state index contributed by atoms with van der Waals surface area (Å²) in [5, 5.41) is 18.1. The lowest BCUT2D eigenvalue weighted by molar-refractivity contribution is 0.0695. The minimum atomic E-state index is -1.40. The lowest BCUT2D eigenvalue weighted by atomic mass is 10.1. The molecule has 0 radical (unpaired) electrons. The summed E-state index contributed by atoms with van der Waals surface area (Å²) in [4.78, 5) is 27.6. The highest BCUT2D eigenvalue weighted by atomic mass is 19.1. The van der Waals surface area contributed by atoms with E-state index in [-0.39, 0.29) is 11.9 Å². The molecule has 3 rings (SSSR count). The van der Waals surface area contributed by atoms with Gasteiger partial charge in [0, 0.05) is 37.8 Å². The van der Waals surface area contributed by atoms with E-state index in [4.69, 9.17) is 10.4 Å². The van der Waals surface area contributed by atoms with Gasteiger partial charge in [0.05, 0.1) is 17.3 Å². The summed E-state index contributed by atoms with van der Waals surface area (Å²) in [5.74, 6) is -1.97. The number of aromatic carboxylic acids is 1. The van der Waals surface area contributed by atoms with Crippen LogP contribution in [-0.2, 0) is 6.54 Å². The van der Waals surface area contributed by atoms with E-state index < -0.39 is 22.8 Å². The summed E-state index contributed by atoms with van der Waals surface area (Å²) in [6, 6.07) is 4.54. The molecule has 1 N–H and O–H groups in total. The van der Waals surface area contributed by atoms with Gasteiger partial charge in [0.15, 0.2) is 0 Å². The molecule has 0 bridgehead atoms. The number of nitrogens with zero attached hydrogens (tertiary/aromatic N) is 4. The first-order chi connectivity index (χ1) is 11.9. The van der Waals surface area contributed by atoms with Crippen molar-refractivity contribution in [1.29, 1.82) is 5.26 Å². The van der Waals surface area contributed by atoms with Crippen LogP contribution in [0.3, 0.4) is 0 Å². The summed E-state index contributed by atoms with van der Waals surface area (Å²) in [7, 11) is 1.99. The Morgan fingerprint density at radius 3 is 2.60 bits per heavy atom. The largest absolute Gasteiger partial charge is 0.477 e. The van der Waals surface area contributed by atoms with Crippen LogP contribution < -0.4 is 10.3 Å². The number of halogens is 1. The third kappa shape index (κ3) is 3.06. The molecule has 1 aromatic heterocycles. The average molecular weight is 344 g/mol. The third-order valence-electron chi connectivity index (χ3n) is 4.46. The quantitative estimate of drug-likeness (QED) is 0.897. The van der Waals surface area contributed by atoms with Crippen molar-refractivity contribution in [3.8, 4) is 6.07 Å². The van der Waals surface area contributed by atoms with E-state index in [1.165, 1.54) is 10.6 Å². The lowest BCUT2D eigenvalue weighted by Gasteiger charge is -2.34. The second kappa shape index (κ2) is 6.53. The number of carboxylic acids is 1. The molecule has 7 nitrogen and oxygen atoms in total. The van der Waals surface area contributed by atoms with Crippen LogP contribution in [-0.4, -0.2) is 53.8 Å². The molecule has 130 valence electrons. The fourth-order valence-electron chi connectivity index (χ4n) is 3.05. The van der Waals surface area contributed by atoms with Gasteiger partial charge >= 0.3 is 5.97 Å². The maximum Gasteiger partial charge on any atom is 0.341 e. The number of hydrogen-bond donors (Lipinski definition) is 1. The van der Waals surface area contributed by atoms with Gasteiger partial charge in [0.1, 0.15) is 17.9 Å². The van der Waals surface area contributed by atoms with E-state index in [2.05, 4.69) is 4.90 Å². The number of aromatic nitrogens is 1. The van der Waals surface area contributed by atoms with Crippen molar-refractivity contribution in [3.63, 3.8) is 0 Å².